The summed E-state index contributed by atoms with van der Waals surface area (Å²) < 4.78 is 35.1. The van der Waals surface area contributed by atoms with Crippen molar-refractivity contribution in [1.82, 2.24) is 14.5 Å². The lowest BCUT2D eigenvalue weighted by molar-refractivity contribution is -0.0935. The molecule has 33 heavy (non-hydrogen) atoms. The monoisotopic (exact) mass is 454 g/mol. The zero-order valence-corrected chi connectivity index (χ0v) is 18.5. The Labute approximate surface area is 190 Å². The molecular weight excluding hydrogens is 430 g/mol. The van der Waals surface area contributed by atoms with E-state index in [1.54, 1.807) is 31.3 Å². The van der Waals surface area contributed by atoms with Crippen molar-refractivity contribution in [3.05, 3.63) is 83.5 Å². The summed E-state index contributed by atoms with van der Waals surface area (Å²) in [4.78, 5) is 11.5. The number of ether oxygens (including phenoxy) is 1. The van der Waals surface area contributed by atoms with Crippen LogP contribution in [0.4, 0.5) is 8.78 Å². The zero-order chi connectivity index (χ0) is 23.6. The molecule has 1 aliphatic rings. The summed E-state index contributed by atoms with van der Waals surface area (Å²) in [5.74, 6) is -0.373. The third kappa shape index (κ3) is 4.45. The number of aliphatic hydroxyl groups excluding tert-OH is 1. The number of halogens is 2. The minimum absolute atomic E-state index is 0.153. The van der Waals surface area contributed by atoms with E-state index in [0.717, 1.165) is 23.0 Å². The molecule has 1 aliphatic heterocycles. The van der Waals surface area contributed by atoms with Crippen molar-refractivity contribution in [3.8, 4) is 11.4 Å². The van der Waals surface area contributed by atoms with Crippen molar-refractivity contribution in [3.63, 3.8) is 0 Å². The molecule has 0 aliphatic carbocycles. The van der Waals surface area contributed by atoms with Gasteiger partial charge in [0.2, 0.25) is 5.72 Å². The van der Waals surface area contributed by atoms with Crippen LogP contribution in [0.1, 0.15) is 23.7 Å². The fourth-order valence-electron chi connectivity index (χ4n) is 3.77. The average molecular weight is 454 g/mol. The first-order valence-corrected chi connectivity index (χ1v) is 10.3. The Hall–Kier alpha value is -3.72. The number of β-amino-alcohol motifs (C(OH)–C–C–N with tert-alkyl or cyclic N) is 1. The number of aromatic nitrogens is 2. The van der Waals surface area contributed by atoms with E-state index in [1.165, 1.54) is 12.1 Å². The van der Waals surface area contributed by atoms with Gasteiger partial charge in [-0.1, -0.05) is 17.3 Å². The highest BCUT2D eigenvalue weighted by Crippen LogP contribution is 2.36. The van der Waals surface area contributed by atoms with Crippen LogP contribution in [0, 0.1) is 18.6 Å². The molecule has 1 N–H and O–H groups in total. The zero-order valence-electron chi connectivity index (χ0n) is 18.5. The largest absolute Gasteiger partial charge is 0.495 e. The number of benzene rings is 2. The molecule has 3 aromatic rings. The van der Waals surface area contributed by atoms with E-state index < -0.39 is 17.4 Å². The van der Waals surface area contributed by atoms with E-state index >= 15 is 0 Å². The summed E-state index contributed by atoms with van der Waals surface area (Å²) in [6.45, 7) is 3.51. The molecule has 9 heteroatoms. The van der Waals surface area contributed by atoms with Gasteiger partial charge >= 0.3 is 0 Å². The Morgan fingerprint density at radius 2 is 1.91 bits per heavy atom. The van der Waals surface area contributed by atoms with Crippen LogP contribution in [-0.2, 0) is 10.6 Å². The first-order chi connectivity index (χ1) is 15.8. The molecule has 4 rings (SSSR count). The van der Waals surface area contributed by atoms with Gasteiger partial charge in [0.1, 0.15) is 17.4 Å². The molecule has 172 valence electrons. The Kier molecular flexibility index (Phi) is 6.15. The van der Waals surface area contributed by atoms with Crippen LogP contribution in [-0.4, -0.2) is 45.7 Å². The highest BCUT2D eigenvalue weighted by Gasteiger charge is 2.43. The first kappa shape index (κ1) is 22.5. The van der Waals surface area contributed by atoms with Crippen LogP contribution >= 0.6 is 0 Å². The summed E-state index contributed by atoms with van der Waals surface area (Å²) in [7, 11) is 1.59. The molecule has 1 atom stereocenters. The molecular formula is C24H24F2N4O3. The van der Waals surface area contributed by atoms with Crippen LogP contribution in [0.2, 0.25) is 0 Å². The van der Waals surface area contributed by atoms with E-state index in [9.17, 15) is 13.9 Å². The smallest absolute Gasteiger partial charge is 0.234 e. The van der Waals surface area contributed by atoms with Gasteiger partial charge in [0.25, 0.3) is 0 Å². The lowest BCUT2D eigenvalue weighted by Crippen LogP contribution is -2.45. The number of nitrogens with zero attached hydrogens (tertiary/aromatic N) is 4. The van der Waals surface area contributed by atoms with Crippen LogP contribution in [0.3, 0.4) is 0 Å². The van der Waals surface area contributed by atoms with Crippen molar-refractivity contribution in [2.45, 2.75) is 19.6 Å². The van der Waals surface area contributed by atoms with Crippen LogP contribution < -0.4 is 4.74 Å². The van der Waals surface area contributed by atoms with E-state index in [1.807, 2.05) is 42.0 Å². The first-order valence-electron chi connectivity index (χ1n) is 10.3. The summed E-state index contributed by atoms with van der Waals surface area (Å²) in [5.41, 5.74) is 1.56. The molecule has 2 aromatic carbocycles. The standard InChI is InChI=1S/C24H24F2N4O3/c1-16-14-29(15-27-16)21-6-4-17(10-22(21)32-3)5-7-23-28-33-24(2,30(23)8-9-31)18-11-19(25)13-20(26)12-18/h4-7,10-15,31H,8-9H2,1-3H3. The van der Waals surface area contributed by atoms with Crippen LogP contribution in [0.25, 0.3) is 11.8 Å². The second-order valence-electron chi connectivity index (χ2n) is 7.74. The summed E-state index contributed by atoms with van der Waals surface area (Å²) in [6, 6.07) is 8.88. The summed E-state index contributed by atoms with van der Waals surface area (Å²) in [5, 5.41) is 13.7. The number of imidazole rings is 1. The van der Waals surface area contributed by atoms with Crippen molar-refractivity contribution in [2.75, 3.05) is 20.3 Å². The van der Waals surface area contributed by atoms with Crippen molar-refractivity contribution >= 4 is 11.9 Å². The van der Waals surface area contributed by atoms with Gasteiger partial charge in [0, 0.05) is 31.3 Å². The predicted molar refractivity (Wildman–Crippen MR) is 120 cm³/mol. The third-order valence-electron chi connectivity index (χ3n) is 5.45. The number of methoxy groups -OCH3 is 1. The minimum Gasteiger partial charge on any atom is -0.495 e. The van der Waals surface area contributed by atoms with Gasteiger partial charge in [-0.3, -0.25) is 0 Å². The number of rotatable bonds is 7. The molecule has 0 saturated carbocycles. The number of hydrogen-bond donors (Lipinski definition) is 1. The number of amidine groups is 1. The van der Waals surface area contributed by atoms with Gasteiger partial charge in [-0.25, -0.2) is 13.8 Å². The van der Waals surface area contributed by atoms with Crippen molar-refractivity contribution < 1.29 is 23.5 Å². The quantitative estimate of drug-likeness (QED) is 0.585. The normalized spacial score (nSPS) is 18.0. The third-order valence-corrected chi connectivity index (χ3v) is 5.45. The van der Waals surface area contributed by atoms with Gasteiger partial charge in [-0.2, -0.15) is 0 Å². The van der Waals surface area contributed by atoms with E-state index in [-0.39, 0.29) is 18.7 Å². The molecule has 0 amide bonds. The number of oxime groups is 1. The molecule has 1 unspecified atom stereocenters. The lowest BCUT2D eigenvalue weighted by Gasteiger charge is -2.33. The second kappa shape index (κ2) is 9.03. The van der Waals surface area contributed by atoms with Gasteiger partial charge in [-0.05, 0) is 42.8 Å². The highest BCUT2D eigenvalue weighted by molar-refractivity contribution is 5.97. The van der Waals surface area contributed by atoms with Gasteiger partial charge in [0.15, 0.2) is 5.84 Å². The van der Waals surface area contributed by atoms with E-state index in [0.29, 0.717) is 11.6 Å². The van der Waals surface area contributed by atoms with Gasteiger partial charge < -0.3 is 24.1 Å². The average Bonchev–Trinajstić information content (AvgIpc) is 3.36. The summed E-state index contributed by atoms with van der Waals surface area (Å²) in [6.07, 6.45) is 7.15. The molecule has 0 fully saturated rings. The van der Waals surface area contributed by atoms with E-state index in [4.69, 9.17) is 9.57 Å². The Morgan fingerprint density at radius 3 is 2.55 bits per heavy atom. The van der Waals surface area contributed by atoms with E-state index in [2.05, 4.69) is 10.1 Å². The molecule has 2 heterocycles. The molecule has 0 bridgehead atoms. The highest BCUT2D eigenvalue weighted by atomic mass is 19.1. The molecule has 0 spiro atoms. The maximum Gasteiger partial charge on any atom is 0.234 e. The lowest BCUT2D eigenvalue weighted by atomic mass is 10.0. The number of aryl methyl sites for hydroxylation is 1. The fourth-order valence-corrected chi connectivity index (χ4v) is 3.77. The molecule has 0 radical (unpaired) electrons. The van der Waals surface area contributed by atoms with Crippen molar-refractivity contribution in [1.29, 1.82) is 0 Å². The van der Waals surface area contributed by atoms with Crippen molar-refractivity contribution in [2.24, 2.45) is 5.16 Å². The van der Waals surface area contributed by atoms with Gasteiger partial charge in [0.05, 0.1) is 31.4 Å². The fraction of sp³-hybridized carbons (Fsp3) is 0.250. The van der Waals surface area contributed by atoms with Gasteiger partial charge in [-0.15, -0.1) is 0 Å². The Bertz CT molecular complexity index is 1200. The molecule has 0 saturated heterocycles. The second-order valence-corrected chi connectivity index (χ2v) is 7.74. The SMILES string of the molecule is COc1cc(C=CC2=NOC(C)(c3cc(F)cc(F)c3)N2CCO)ccc1-n1cnc(C)c1. The Morgan fingerprint density at radius 1 is 1.15 bits per heavy atom. The summed E-state index contributed by atoms with van der Waals surface area (Å²) >= 11 is 0. The number of hydrogen-bond acceptors (Lipinski definition) is 6. The number of aliphatic hydroxyl groups is 1. The van der Waals surface area contributed by atoms with Crippen LogP contribution in [0.15, 0.2) is 60.2 Å². The van der Waals surface area contributed by atoms with Crippen LogP contribution in [0.5, 0.6) is 5.75 Å². The predicted octanol–water partition coefficient (Wildman–Crippen LogP) is 3.99. The molecule has 1 aromatic heterocycles. The maximum atomic E-state index is 13.8. The molecule has 7 nitrogen and oxygen atoms in total. The Balaban J connectivity index is 1.61. The maximum absolute atomic E-state index is 13.8. The topological polar surface area (TPSA) is 72.1 Å². The minimum atomic E-state index is -1.27.